The lowest BCUT2D eigenvalue weighted by Gasteiger charge is -2.19. The van der Waals surface area contributed by atoms with Crippen molar-refractivity contribution in [1.29, 1.82) is 0 Å². The zero-order chi connectivity index (χ0) is 8.97. The molecule has 0 radical (unpaired) electrons. The second kappa shape index (κ2) is 4.60. The van der Waals surface area contributed by atoms with Crippen LogP contribution in [0.15, 0.2) is 0 Å². The van der Waals surface area contributed by atoms with Crippen LogP contribution in [-0.4, -0.2) is 42.2 Å². The summed E-state index contributed by atoms with van der Waals surface area (Å²) in [6, 6.07) is 0.299. The third-order valence-corrected chi connectivity index (χ3v) is 2.62. The molecule has 0 spiro atoms. The van der Waals surface area contributed by atoms with Crippen molar-refractivity contribution in [2.24, 2.45) is 0 Å². The fourth-order valence-corrected chi connectivity index (χ4v) is 2.00. The van der Waals surface area contributed by atoms with Crippen LogP contribution < -0.4 is 0 Å². The molecule has 3 nitrogen and oxygen atoms in total. The van der Waals surface area contributed by atoms with Crippen LogP contribution in [0.1, 0.15) is 13.3 Å². The zero-order valence-corrected chi connectivity index (χ0v) is 8.39. The molecular formula is C8H15NO2S. The highest BCUT2D eigenvalue weighted by molar-refractivity contribution is 7.98. The predicted molar refractivity (Wildman–Crippen MR) is 50.5 cm³/mol. The van der Waals surface area contributed by atoms with Gasteiger partial charge in [0.1, 0.15) is 6.61 Å². The molecule has 4 heteroatoms. The number of carbonyl (C=O) groups excluding carboxylic acids is 1. The maximum absolute atomic E-state index is 11.1. The van der Waals surface area contributed by atoms with E-state index in [1.807, 2.05) is 11.2 Å². The number of cyclic esters (lactones) is 1. The van der Waals surface area contributed by atoms with Crippen LogP contribution in [-0.2, 0) is 4.74 Å². The molecule has 0 aromatic heterocycles. The Bertz CT molecular complexity index is 163. The monoisotopic (exact) mass is 189 g/mol. The summed E-state index contributed by atoms with van der Waals surface area (Å²) >= 11 is 1.76. The van der Waals surface area contributed by atoms with Crippen molar-refractivity contribution in [2.75, 3.05) is 25.2 Å². The molecule has 0 saturated carbocycles. The summed E-state index contributed by atoms with van der Waals surface area (Å²) in [5.41, 5.74) is 0. The normalized spacial score (nSPS) is 23.0. The van der Waals surface area contributed by atoms with Crippen LogP contribution in [0.4, 0.5) is 4.79 Å². The Balaban J connectivity index is 2.45. The average Bonchev–Trinajstić information content (AvgIpc) is 2.37. The van der Waals surface area contributed by atoms with Crippen molar-refractivity contribution in [3.05, 3.63) is 0 Å². The molecule has 0 aromatic rings. The number of amides is 1. The minimum absolute atomic E-state index is 0.143. The minimum atomic E-state index is -0.143. The lowest BCUT2D eigenvalue weighted by Crippen LogP contribution is -2.35. The van der Waals surface area contributed by atoms with Gasteiger partial charge in [-0.05, 0) is 12.7 Å². The fourth-order valence-electron chi connectivity index (χ4n) is 1.33. The van der Waals surface area contributed by atoms with Gasteiger partial charge in [0, 0.05) is 12.3 Å². The fraction of sp³-hybridized carbons (Fsp3) is 0.875. The number of rotatable bonds is 4. The molecular weight excluding hydrogens is 174 g/mol. The number of hydrogen-bond acceptors (Lipinski definition) is 3. The van der Waals surface area contributed by atoms with Gasteiger partial charge in [0.25, 0.3) is 0 Å². The molecule has 0 aromatic carbocycles. The Morgan fingerprint density at radius 3 is 3.08 bits per heavy atom. The van der Waals surface area contributed by atoms with Crippen LogP contribution in [0.3, 0.4) is 0 Å². The topological polar surface area (TPSA) is 29.5 Å². The smallest absolute Gasteiger partial charge is 0.410 e. The molecule has 12 heavy (non-hydrogen) atoms. The van der Waals surface area contributed by atoms with Crippen molar-refractivity contribution >= 4 is 17.9 Å². The lowest BCUT2D eigenvalue weighted by atomic mass is 10.3. The van der Waals surface area contributed by atoms with E-state index in [-0.39, 0.29) is 6.09 Å². The first-order chi connectivity index (χ1) is 5.79. The van der Waals surface area contributed by atoms with E-state index in [0.717, 1.165) is 18.7 Å². The van der Waals surface area contributed by atoms with Crippen molar-refractivity contribution in [3.63, 3.8) is 0 Å². The Labute approximate surface area is 77.4 Å². The van der Waals surface area contributed by atoms with Gasteiger partial charge in [0.15, 0.2) is 0 Å². The van der Waals surface area contributed by atoms with Gasteiger partial charge in [0.2, 0.25) is 0 Å². The molecule has 1 fully saturated rings. The molecule has 1 saturated heterocycles. The SMILES string of the molecule is CCCN1C(=O)OCC1CSC. The van der Waals surface area contributed by atoms with Crippen LogP contribution >= 0.6 is 11.8 Å². The maximum Gasteiger partial charge on any atom is 0.410 e. The van der Waals surface area contributed by atoms with E-state index < -0.39 is 0 Å². The van der Waals surface area contributed by atoms with Crippen LogP contribution in [0, 0.1) is 0 Å². The highest BCUT2D eigenvalue weighted by atomic mass is 32.2. The molecule has 70 valence electrons. The first kappa shape index (κ1) is 9.71. The molecule has 1 aliphatic rings. The van der Waals surface area contributed by atoms with Crippen LogP contribution in [0.5, 0.6) is 0 Å². The highest BCUT2D eigenvalue weighted by Gasteiger charge is 2.31. The summed E-state index contributed by atoms with van der Waals surface area (Å²) in [6.07, 6.45) is 2.91. The molecule has 0 N–H and O–H groups in total. The quantitative estimate of drug-likeness (QED) is 0.672. The number of thioether (sulfide) groups is 1. The first-order valence-electron chi connectivity index (χ1n) is 4.22. The Morgan fingerprint density at radius 2 is 2.50 bits per heavy atom. The summed E-state index contributed by atoms with van der Waals surface area (Å²) in [5.74, 6) is 0.978. The summed E-state index contributed by atoms with van der Waals surface area (Å²) in [6.45, 7) is 3.46. The standard InChI is InChI=1S/C8H15NO2S/c1-3-4-9-7(6-12-2)5-11-8(9)10/h7H,3-6H2,1-2H3. The number of hydrogen-bond donors (Lipinski definition) is 0. The van der Waals surface area contributed by atoms with Gasteiger partial charge in [-0.15, -0.1) is 0 Å². The molecule has 1 heterocycles. The second-order valence-corrected chi connectivity index (χ2v) is 3.79. The van der Waals surface area contributed by atoms with E-state index in [2.05, 4.69) is 6.92 Å². The number of carbonyl (C=O) groups is 1. The van der Waals surface area contributed by atoms with Crippen molar-refractivity contribution in [3.8, 4) is 0 Å². The summed E-state index contributed by atoms with van der Waals surface area (Å²) in [7, 11) is 0. The zero-order valence-electron chi connectivity index (χ0n) is 7.58. The molecule has 0 bridgehead atoms. The highest BCUT2D eigenvalue weighted by Crippen LogP contribution is 2.15. The molecule has 1 rings (SSSR count). The second-order valence-electron chi connectivity index (χ2n) is 2.88. The first-order valence-corrected chi connectivity index (χ1v) is 5.61. The molecule has 1 atom stereocenters. The summed E-state index contributed by atoms with van der Waals surface area (Å²) in [4.78, 5) is 13.0. The molecule has 1 amide bonds. The van der Waals surface area contributed by atoms with Gasteiger partial charge in [-0.2, -0.15) is 11.8 Å². The van der Waals surface area contributed by atoms with Gasteiger partial charge >= 0.3 is 6.09 Å². The maximum atomic E-state index is 11.1. The Hall–Kier alpha value is -0.380. The van der Waals surface area contributed by atoms with Gasteiger partial charge in [-0.3, -0.25) is 0 Å². The minimum Gasteiger partial charge on any atom is -0.447 e. The van der Waals surface area contributed by atoms with E-state index in [0.29, 0.717) is 12.6 Å². The van der Waals surface area contributed by atoms with Crippen LogP contribution in [0.2, 0.25) is 0 Å². The molecule has 1 aliphatic heterocycles. The number of nitrogens with zero attached hydrogens (tertiary/aromatic N) is 1. The third-order valence-electron chi connectivity index (χ3n) is 1.90. The van der Waals surface area contributed by atoms with E-state index >= 15 is 0 Å². The van der Waals surface area contributed by atoms with E-state index in [4.69, 9.17) is 4.74 Å². The van der Waals surface area contributed by atoms with Crippen molar-refractivity contribution in [2.45, 2.75) is 19.4 Å². The third kappa shape index (κ3) is 2.06. The molecule has 0 aliphatic carbocycles. The van der Waals surface area contributed by atoms with E-state index in [1.54, 1.807) is 11.8 Å². The van der Waals surface area contributed by atoms with Gasteiger partial charge in [0.05, 0.1) is 6.04 Å². The van der Waals surface area contributed by atoms with E-state index in [9.17, 15) is 4.79 Å². The van der Waals surface area contributed by atoms with E-state index in [1.165, 1.54) is 0 Å². The van der Waals surface area contributed by atoms with Crippen molar-refractivity contribution in [1.82, 2.24) is 4.90 Å². The Morgan fingerprint density at radius 1 is 1.75 bits per heavy atom. The van der Waals surface area contributed by atoms with Gasteiger partial charge < -0.3 is 9.64 Å². The predicted octanol–water partition coefficient (Wildman–Crippen LogP) is 1.58. The van der Waals surface area contributed by atoms with Crippen LogP contribution in [0.25, 0.3) is 0 Å². The lowest BCUT2D eigenvalue weighted by molar-refractivity contribution is 0.158. The molecule has 1 unspecified atom stereocenters. The summed E-state index contributed by atoms with van der Waals surface area (Å²) < 4.78 is 4.96. The summed E-state index contributed by atoms with van der Waals surface area (Å²) in [5, 5.41) is 0. The number of ether oxygens (including phenoxy) is 1. The van der Waals surface area contributed by atoms with Gasteiger partial charge in [-0.1, -0.05) is 6.92 Å². The van der Waals surface area contributed by atoms with Gasteiger partial charge in [-0.25, -0.2) is 4.79 Å². The Kier molecular flexibility index (Phi) is 3.72. The van der Waals surface area contributed by atoms with Crippen molar-refractivity contribution < 1.29 is 9.53 Å². The largest absolute Gasteiger partial charge is 0.447 e. The average molecular weight is 189 g/mol.